The number of imide groups is 1. The number of nitrogens with zero attached hydrogens (tertiary/aromatic N) is 6. The number of piperazine rings is 1. The Morgan fingerprint density at radius 1 is 0.946 bits per heavy atom. The Morgan fingerprint density at radius 3 is 2.30 bits per heavy atom. The summed E-state index contributed by atoms with van der Waals surface area (Å²) in [4.78, 5) is 64.9. The number of amides is 4. The summed E-state index contributed by atoms with van der Waals surface area (Å²) >= 11 is 6.24. The van der Waals surface area contributed by atoms with E-state index < -0.39 is 30.0 Å². The zero-order valence-corrected chi connectivity index (χ0v) is 32.5. The Kier molecular flexibility index (Phi) is 9.46. The first-order valence-electron chi connectivity index (χ1n) is 19.0. The number of halogens is 1. The van der Waals surface area contributed by atoms with Gasteiger partial charge in [0.2, 0.25) is 5.91 Å². The molecular weight excluding hydrogens is 736 g/mol. The van der Waals surface area contributed by atoms with Crippen LogP contribution >= 0.6 is 11.6 Å². The molecule has 4 aliphatic heterocycles. The van der Waals surface area contributed by atoms with Gasteiger partial charge < -0.3 is 30.3 Å². The molecule has 1 aliphatic carbocycles. The van der Waals surface area contributed by atoms with E-state index in [0.717, 1.165) is 55.7 Å². The molecule has 14 nitrogen and oxygen atoms in total. The van der Waals surface area contributed by atoms with Crippen molar-refractivity contribution in [2.45, 2.75) is 71.0 Å². The van der Waals surface area contributed by atoms with Crippen LogP contribution in [0.2, 0.25) is 5.02 Å². The molecule has 2 unspecified atom stereocenters. The van der Waals surface area contributed by atoms with Gasteiger partial charge in [0.05, 0.1) is 27.3 Å². The number of carbonyl (C=O) groups excluding carboxylic acids is 4. The zero-order valence-electron chi connectivity index (χ0n) is 31.8. The van der Waals surface area contributed by atoms with Gasteiger partial charge in [0.25, 0.3) is 17.7 Å². The summed E-state index contributed by atoms with van der Waals surface area (Å²) in [6.07, 6.45) is 0.962. The van der Waals surface area contributed by atoms with E-state index in [4.69, 9.17) is 16.3 Å². The van der Waals surface area contributed by atoms with Crippen LogP contribution in [0.4, 0.5) is 11.5 Å². The predicted molar refractivity (Wildman–Crippen MR) is 208 cm³/mol. The molecule has 3 aromatic rings. The van der Waals surface area contributed by atoms with Gasteiger partial charge in [-0.05, 0) is 55.3 Å². The van der Waals surface area contributed by atoms with Crippen molar-refractivity contribution in [1.29, 1.82) is 5.26 Å². The van der Waals surface area contributed by atoms with Crippen LogP contribution in [0.3, 0.4) is 0 Å². The monoisotopic (exact) mass is 780 g/mol. The van der Waals surface area contributed by atoms with Crippen molar-refractivity contribution in [3.8, 4) is 11.8 Å². The fourth-order valence-corrected chi connectivity index (χ4v) is 9.70. The highest BCUT2D eigenvalue weighted by Gasteiger charge is 2.64. The second-order valence-corrected chi connectivity index (χ2v) is 17.0. The number of aliphatic hydroxyl groups is 1. The number of nitriles is 1. The van der Waals surface area contributed by atoms with Gasteiger partial charge in [-0.25, -0.2) is 4.98 Å². The fourth-order valence-electron chi connectivity index (χ4n) is 9.48. The fraction of sp³-hybridized carbons (Fsp3) is 0.463. The number of hydrogen-bond acceptors (Lipinski definition) is 11. The summed E-state index contributed by atoms with van der Waals surface area (Å²) in [6.45, 7) is 13.2. The largest absolute Gasteiger partial charge is 0.489 e. The van der Waals surface area contributed by atoms with Crippen molar-refractivity contribution in [1.82, 2.24) is 25.4 Å². The summed E-state index contributed by atoms with van der Waals surface area (Å²) < 4.78 is 6.36. The molecular formula is C41H45ClN8O6. The van der Waals surface area contributed by atoms with Crippen molar-refractivity contribution in [3.05, 3.63) is 82.0 Å². The maximum Gasteiger partial charge on any atom is 0.262 e. The molecule has 15 heteroatoms. The highest BCUT2D eigenvalue weighted by molar-refractivity contribution is 6.31. The van der Waals surface area contributed by atoms with Gasteiger partial charge in [0.15, 0.2) is 0 Å². The van der Waals surface area contributed by atoms with Crippen LogP contribution in [0.5, 0.6) is 5.75 Å². The molecule has 1 aromatic heterocycles. The summed E-state index contributed by atoms with van der Waals surface area (Å²) in [5.74, 6) is -0.259. The topological polar surface area (TPSA) is 171 Å². The van der Waals surface area contributed by atoms with Gasteiger partial charge in [0, 0.05) is 80.1 Å². The highest BCUT2D eigenvalue weighted by Crippen LogP contribution is 2.55. The van der Waals surface area contributed by atoms with Crippen LogP contribution in [0, 0.1) is 22.2 Å². The van der Waals surface area contributed by atoms with Gasteiger partial charge in [-0.1, -0.05) is 39.3 Å². The number of anilines is 2. The number of nitrogens with one attached hydrogen (secondary N) is 2. The minimum Gasteiger partial charge on any atom is -0.489 e. The number of piperidine rings is 1. The van der Waals surface area contributed by atoms with Crippen LogP contribution in [-0.4, -0.2) is 113 Å². The quantitative estimate of drug-likeness (QED) is 0.286. The third kappa shape index (κ3) is 6.41. The van der Waals surface area contributed by atoms with E-state index in [2.05, 4.69) is 64.1 Å². The van der Waals surface area contributed by atoms with E-state index in [1.165, 1.54) is 0 Å². The van der Waals surface area contributed by atoms with Gasteiger partial charge in [-0.2, -0.15) is 5.26 Å². The number of fused-ring (bicyclic) bond motifs is 1. The lowest BCUT2D eigenvalue weighted by molar-refractivity contribution is -0.164. The first-order valence-corrected chi connectivity index (χ1v) is 19.4. The predicted octanol–water partition coefficient (Wildman–Crippen LogP) is 3.42. The van der Waals surface area contributed by atoms with Gasteiger partial charge in [-0.3, -0.25) is 29.0 Å². The summed E-state index contributed by atoms with van der Waals surface area (Å²) in [6, 6.07) is 15.4. The third-order valence-electron chi connectivity index (χ3n) is 12.4. The molecule has 2 aromatic carbocycles. The Balaban J connectivity index is 0.816. The smallest absolute Gasteiger partial charge is 0.262 e. The van der Waals surface area contributed by atoms with E-state index in [1.807, 2.05) is 18.2 Å². The SMILES string of the molecule is CC1(C)C(NC(=O)c2ccc(N3CCN(C4CN(c5ccc6c(c5)C(=O)N(C5CCC(O)NC5=O)C6=O)C4)CC3)nc2)C(C)(C)C1Oc1ccc(C#N)c(Cl)c1. The lowest BCUT2D eigenvalue weighted by atomic mass is 9.49. The van der Waals surface area contributed by atoms with Crippen LogP contribution < -0.4 is 25.2 Å². The third-order valence-corrected chi connectivity index (χ3v) is 12.7. The molecule has 4 fully saturated rings. The molecule has 56 heavy (non-hydrogen) atoms. The number of rotatable bonds is 8. The summed E-state index contributed by atoms with van der Waals surface area (Å²) in [7, 11) is 0. The highest BCUT2D eigenvalue weighted by atomic mass is 35.5. The molecule has 0 radical (unpaired) electrons. The minimum atomic E-state index is -0.966. The second kappa shape index (κ2) is 14.1. The maximum absolute atomic E-state index is 13.4. The zero-order chi connectivity index (χ0) is 39.7. The minimum absolute atomic E-state index is 0.163. The number of pyridine rings is 1. The van der Waals surface area contributed by atoms with E-state index >= 15 is 0 Å². The van der Waals surface area contributed by atoms with Crippen molar-refractivity contribution in [2.24, 2.45) is 10.8 Å². The number of hydrogen-bond donors (Lipinski definition) is 3. The van der Waals surface area contributed by atoms with Crippen molar-refractivity contribution in [3.63, 3.8) is 0 Å². The standard InChI is InChI=1S/C41H45ClN8O6/c1-40(2)38(41(3,4)39(40)56-27-8-5-23(19-43)30(42)18-27)46-34(52)24-6-11-32(44-20-24)48-15-13-47(14-16-48)26-21-49(22-26)25-7-9-28-29(17-25)37(55)50(36(28)54)31-10-12-33(51)45-35(31)53/h5-9,11,17-18,20,26,31,33,38-39,51H,10,12-16,21-22H2,1-4H3,(H,45,53)(H,46,52). The molecule has 1 saturated carbocycles. The molecule has 2 atom stereocenters. The van der Waals surface area contributed by atoms with E-state index in [1.54, 1.807) is 36.5 Å². The van der Waals surface area contributed by atoms with Crippen LogP contribution in [0.25, 0.3) is 0 Å². The van der Waals surface area contributed by atoms with Crippen molar-refractivity contribution < 1.29 is 29.0 Å². The summed E-state index contributed by atoms with van der Waals surface area (Å²) in [5.41, 5.74) is 1.58. The molecule has 3 saturated heterocycles. The van der Waals surface area contributed by atoms with E-state index in [9.17, 15) is 29.5 Å². The number of carbonyl (C=O) groups is 4. The van der Waals surface area contributed by atoms with Crippen LogP contribution in [-0.2, 0) is 4.79 Å². The van der Waals surface area contributed by atoms with E-state index in [-0.39, 0.29) is 41.7 Å². The Labute approximate surface area is 330 Å². The van der Waals surface area contributed by atoms with Crippen LogP contribution in [0.15, 0.2) is 54.7 Å². The van der Waals surface area contributed by atoms with E-state index in [0.29, 0.717) is 39.1 Å². The van der Waals surface area contributed by atoms with Crippen molar-refractivity contribution >= 4 is 46.7 Å². The average molecular weight is 781 g/mol. The molecule has 0 spiro atoms. The van der Waals surface area contributed by atoms with Gasteiger partial charge >= 0.3 is 0 Å². The molecule has 0 bridgehead atoms. The van der Waals surface area contributed by atoms with Crippen LogP contribution in [0.1, 0.15) is 77.2 Å². The van der Waals surface area contributed by atoms with Gasteiger partial charge in [-0.15, -0.1) is 0 Å². The number of aliphatic hydroxyl groups excluding tert-OH is 1. The van der Waals surface area contributed by atoms with Crippen molar-refractivity contribution in [2.75, 3.05) is 49.1 Å². The molecule has 5 aliphatic rings. The Hall–Kier alpha value is -5.23. The number of benzene rings is 2. The lowest BCUT2D eigenvalue weighted by Crippen LogP contribution is -2.74. The summed E-state index contributed by atoms with van der Waals surface area (Å²) in [5, 5.41) is 24.9. The number of ether oxygens (including phenoxy) is 1. The molecule has 292 valence electrons. The Bertz CT molecular complexity index is 2120. The normalized spacial score (nSPS) is 25.8. The molecule has 5 heterocycles. The Morgan fingerprint density at radius 2 is 1.66 bits per heavy atom. The first kappa shape index (κ1) is 37.7. The maximum atomic E-state index is 13.4. The average Bonchev–Trinajstić information content (AvgIpc) is 3.40. The molecule has 3 N–H and O–H groups in total. The second-order valence-electron chi connectivity index (χ2n) is 16.6. The first-order chi connectivity index (χ1) is 26.7. The lowest BCUT2D eigenvalue weighted by Gasteiger charge is -2.63. The molecule has 4 amide bonds. The number of aromatic nitrogens is 1. The molecule has 8 rings (SSSR count). The van der Waals surface area contributed by atoms with Gasteiger partial charge in [0.1, 0.15) is 36.0 Å².